The molecule has 1 saturated heterocycles. The van der Waals surface area contributed by atoms with Crippen LogP contribution in [0.2, 0.25) is 0 Å². The molecule has 0 spiro atoms. The summed E-state index contributed by atoms with van der Waals surface area (Å²) in [5.74, 6) is 1.94. The smallest absolute Gasteiger partial charge is 0.351 e. The first kappa shape index (κ1) is 29.1. The molecule has 0 unspecified atom stereocenters. The van der Waals surface area contributed by atoms with E-state index in [1.54, 1.807) is 27.5 Å². The topological polar surface area (TPSA) is 104 Å². The lowest BCUT2D eigenvalue weighted by atomic mass is 9.80. The number of rotatable bonds is 10. The number of halogens is 1. The Kier molecular flexibility index (Phi) is 8.93. The van der Waals surface area contributed by atoms with Crippen molar-refractivity contribution < 1.29 is 24.1 Å². The van der Waals surface area contributed by atoms with Gasteiger partial charge in [-0.2, -0.15) is 4.98 Å². The standard InChI is InChI=1S/C31H32IN3O6/c1-33-29-25(32)18-35(30(37)34-29)28-17-26(36)27(41-28)19-40-31(20-7-5-4-6-8-20,21-9-13-23(38-2)14-10-21)22-11-15-24(39-3)16-12-22/h4-16,18,26-28,36H,17,19H2,1-3H3,(H,33,34,37)/t26-,27+,28+/m0/s1. The van der Waals surface area contributed by atoms with E-state index in [9.17, 15) is 9.90 Å². The number of hydrogen-bond donors (Lipinski definition) is 2. The van der Waals surface area contributed by atoms with Crippen molar-refractivity contribution in [3.05, 3.63) is 116 Å². The molecule has 3 atom stereocenters. The number of methoxy groups -OCH3 is 2. The Labute approximate surface area is 252 Å². The molecule has 41 heavy (non-hydrogen) atoms. The van der Waals surface area contributed by atoms with Crippen molar-refractivity contribution in [2.45, 2.75) is 30.5 Å². The van der Waals surface area contributed by atoms with Gasteiger partial charge < -0.3 is 29.4 Å². The molecule has 0 bridgehead atoms. The van der Waals surface area contributed by atoms with Crippen LogP contribution in [0.1, 0.15) is 29.3 Å². The highest BCUT2D eigenvalue weighted by atomic mass is 127. The summed E-state index contributed by atoms with van der Waals surface area (Å²) in [7, 11) is 4.97. The van der Waals surface area contributed by atoms with Crippen LogP contribution in [0, 0.1) is 3.57 Å². The Balaban J connectivity index is 1.52. The first-order chi connectivity index (χ1) is 19.9. The third-order valence-corrected chi connectivity index (χ3v) is 8.09. The third kappa shape index (κ3) is 5.82. The highest BCUT2D eigenvalue weighted by Gasteiger charge is 2.42. The molecule has 1 aromatic heterocycles. The van der Waals surface area contributed by atoms with E-state index in [2.05, 4.69) is 32.9 Å². The third-order valence-electron chi connectivity index (χ3n) is 7.30. The maximum absolute atomic E-state index is 12.7. The SMILES string of the molecule is CNc1nc(=O)n([C@H]2C[C@H](O)[C@@H](COC(c3ccccc3)(c3ccc(OC)cc3)c3ccc(OC)cc3)O2)cc1I. The van der Waals surface area contributed by atoms with Crippen molar-refractivity contribution in [2.75, 3.05) is 33.2 Å². The Hall–Kier alpha value is -3.45. The van der Waals surface area contributed by atoms with Crippen molar-refractivity contribution in [2.24, 2.45) is 0 Å². The minimum atomic E-state index is -1.05. The Morgan fingerprint density at radius 2 is 1.54 bits per heavy atom. The summed E-state index contributed by atoms with van der Waals surface area (Å²) in [6.45, 7) is 0.0541. The second-order valence-corrected chi connectivity index (χ2v) is 10.8. The quantitative estimate of drug-likeness (QED) is 0.187. The number of anilines is 1. The molecule has 4 aromatic rings. The molecule has 0 aliphatic carbocycles. The maximum atomic E-state index is 12.7. The Morgan fingerprint density at radius 1 is 0.976 bits per heavy atom. The summed E-state index contributed by atoms with van der Waals surface area (Å²) in [5.41, 5.74) is 1.14. The minimum absolute atomic E-state index is 0.0541. The van der Waals surface area contributed by atoms with E-state index < -0.39 is 29.7 Å². The van der Waals surface area contributed by atoms with Crippen molar-refractivity contribution in [3.8, 4) is 11.5 Å². The first-order valence-corrected chi connectivity index (χ1v) is 14.3. The van der Waals surface area contributed by atoms with Gasteiger partial charge in [0, 0.05) is 19.7 Å². The molecule has 214 valence electrons. The lowest BCUT2D eigenvalue weighted by Gasteiger charge is -2.37. The van der Waals surface area contributed by atoms with Gasteiger partial charge >= 0.3 is 5.69 Å². The fourth-order valence-electron chi connectivity index (χ4n) is 5.14. The second-order valence-electron chi connectivity index (χ2n) is 9.62. The summed E-state index contributed by atoms with van der Waals surface area (Å²) in [6, 6.07) is 25.4. The summed E-state index contributed by atoms with van der Waals surface area (Å²) < 4.78 is 26.1. The molecule has 5 rings (SSSR count). The fourth-order valence-corrected chi connectivity index (χ4v) is 5.83. The molecule has 0 radical (unpaired) electrons. The van der Waals surface area contributed by atoms with Gasteiger partial charge in [0.2, 0.25) is 0 Å². The zero-order chi connectivity index (χ0) is 29.0. The average molecular weight is 670 g/mol. The van der Waals surface area contributed by atoms with Crippen LogP contribution in [-0.2, 0) is 15.1 Å². The van der Waals surface area contributed by atoms with Gasteiger partial charge in [-0.1, -0.05) is 54.6 Å². The van der Waals surface area contributed by atoms with Crippen molar-refractivity contribution in [1.29, 1.82) is 0 Å². The summed E-state index contributed by atoms with van der Waals surface area (Å²) in [5, 5.41) is 14.0. The number of aliphatic hydroxyl groups is 1. The van der Waals surface area contributed by atoms with E-state index in [0.717, 1.165) is 31.8 Å². The Bertz CT molecular complexity index is 1460. The number of benzene rings is 3. The fraction of sp³-hybridized carbons (Fsp3) is 0.290. The molecule has 2 heterocycles. The number of hydrogen-bond acceptors (Lipinski definition) is 8. The van der Waals surface area contributed by atoms with Gasteiger partial charge in [0.1, 0.15) is 35.2 Å². The van der Waals surface area contributed by atoms with E-state index in [0.29, 0.717) is 5.82 Å². The number of nitrogens with zero attached hydrogens (tertiary/aromatic N) is 2. The molecule has 10 heteroatoms. The van der Waals surface area contributed by atoms with Gasteiger partial charge in [-0.25, -0.2) is 4.79 Å². The molecule has 0 amide bonds. The molecule has 1 fully saturated rings. The second kappa shape index (κ2) is 12.6. The van der Waals surface area contributed by atoms with Gasteiger partial charge in [-0.3, -0.25) is 4.57 Å². The largest absolute Gasteiger partial charge is 0.497 e. The predicted molar refractivity (Wildman–Crippen MR) is 164 cm³/mol. The van der Waals surface area contributed by atoms with Gasteiger partial charge in [0.25, 0.3) is 0 Å². The number of ether oxygens (including phenoxy) is 4. The highest BCUT2D eigenvalue weighted by molar-refractivity contribution is 14.1. The van der Waals surface area contributed by atoms with Crippen LogP contribution < -0.4 is 20.5 Å². The minimum Gasteiger partial charge on any atom is -0.497 e. The molecule has 1 aliphatic rings. The van der Waals surface area contributed by atoms with Crippen molar-refractivity contribution >= 4 is 28.4 Å². The zero-order valence-corrected chi connectivity index (χ0v) is 25.1. The van der Waals surface area contributed by atoms with E-state index in [4.69, 9.17) is 18.9 Å². The van der Waals surface area contributed by atoms with Gasteiger partial charge in [-0.05, 0) is 63.5 Å². The predicted octanol–water partition coefficient (Wildman–Crippen LogP) is 4.56. The van der Waals surface area contributed by atoms with E-state index in [1.165, 1.54) is 4.57 Å². The lowest BCUT2D eigenvalue weighted by Crippen LogP contribution is -2.38. The normalized spacial score (nSPS) is 18.7. The van der Waals surface area contributed by atoms with Crippen LogP contribution in [0.3, 0.4) is 0 Å². The molecule has 3 aromatic carbocycles. The average Bonchev–Trinajstić information content (AvgIpc) is 3.39. The summed E-state index contributed by atoms with van der Waals surface area (Å²) in [6.07, 6.45) is -0.299. The number of aliphatic hydroxyl groups excluding tert-OH is 1. The molecule has 1 aliphatic heterocycles. The maximum Gasteiger partial charge on any atom is 0.351 e. The molecular weight excluding hydrogens is 637 g/mol. The molecular formula is C31H32IN3O6. The zero-order valence-electron chi connectivity index (χ0n) is 23.0. The van der Waals surface area contributed by atoms with Crippen molar-refractivity contribution in [1.82, 2.24) is 9.55 Å². The lowest BCUT2D eigenvalue weighted by molar-refractivity contribution is -0.0944. The van der Waals surface area contributed by atoms with Crippen LogP contribution in [0.4, 0.5) is 5.82 Å². The van der Waals surface area contributed by atoms with Crippen LogP contribution in [0.25, 0.3) is 0 Å². The first-order valence-electron chi connectivity index (χ1n) is 13.2. The monoisotopic (exact) mass is 669 g/mol. The summed E-state index contributed by atoms with van der Waals surface area (Å²) in [4.78, 5) is 16.8. The highest BCUT2D eigenvalue weighted by Crippen LogP contribution is 2.42. The van der Waals surface area contributed by atoms with E-state index in [1.807, 2.05) is 78.9 Å². The van der Waals surface area contributed by atoms with Crippen molar-refractivity contribution in [3.63, 3.8) is 0 Å². The van der Waals surface area contributed by atoms with E-state index >= 15 is 0 Å². The van der Waals surface area contributed by atoms with Crippen LogP contribution in [-0.4, -0.2) is 54.7 Å². The molecule has 2 N–H and O–H groups in total. The molecule has 9 nitrogen and oxygen atoms in total. The van der Waals surface area contributed by atoms with Crippen LogP contribution in [0.15, 0.2) is 89.9 Å². The molecule has 0 saturated carbocycles. The number of aromatic nitrogens is 2. The van der Waals surface area contributed by atoms with Gasteiger partial charge in [0.05, 0.1) is 30.5 Å². The van der Waals surface area contributed by atoms with Gasteiger partial charge in [-0.15, -0.1) is 0 Å². The van der Waals surface area contributed by atoms with Gasteiger partial charge in [0.15, 0.2) is 0 Å². The summed E-state index contributed by atoms with van der Waals surface area (Å²) >= 11 is 2.11. The Morgan fingerprint density at radius 3 is 2.07 bits per heavy atom. The van der Waals surface area contributed by atoms with E-state index in [-0.39, 0.29) is 13.0 Å². The number of nitrogens with one attached hydrogen (secondary N) is 1. The van der Waals surface area contributed by atoms with Crippen LogP contribution >= 0.6 is 22.6 Å². The van der Waals surface area contributed by atoms with Crippen LogP contribution in [0.5, 0.6) is 11.5 Å².